The number of rotatable bonds is 0. The summed E-state index contributed by atoms with van der Waals surface area (Å²) >= 11 is 6.11. The van der Waals surface area contributed by atoms with Gasteiger partial charge in [0.05, 0.1) is 0 Å². The highest BCUT2D eigenvalue weighted by Crippen LogP contribution is 2.45. The monoisotopic (exact) mass is 170 g/mol. The van der Waals surface area contributed by atoms with Crippen LogP contribution in [-0.2, 0) is 6.42 Å². The number of fused-ring (bicyclic) bond motifs is 1. The number of hydrogen-bond acceptors (Lipinski definition) is 0. The Labute approximate surface area is 66.8 Å². The molecule has 0 saturated carbocycles. The van der Waals surface area contributed by atoms with Crippen molar-refractivity contribution in [2.45, 2.75) is 6.42 Å². The maximum atomic E-state index is 6.11. The fraction of sp³-hybridized carbons (Fsp3) is 0.250. The predicted molar refractivity (Wildman–Crippen MR) is 47.4 cm³/mol. The van der Waals surface area contributed by atoms with E-state index in [9.17, 15) is 0 Å². The van der Waals surface area contributed by atoms with Crippen LogP contribution in [0.1, 0.15) is 5.56 Å². The summed E-state index contributed by atoms with van der Waals surface area (Å²) < 4.78 is 0. The average Bonchev–Trinajstić information content (AvgIpc) is 2.34. The molecule has 1 aliphatic heterocycles. The summed E-state index contributed by atoms with van der Waals surface area (Å²) in [6.07, 6.45) is 2.36. The lowest BCUT2D eigenvalue weighted by Gasteiger charge is -1.99. The van der Waals surface area contributed by atoms with Crippen LogP contribution >= 0.6 is 18.5 Å². The molecule has 1 heterocycles. The van der Waals surface area contributed by atoms with E-state index >= 15 is 0 Å². The van der Waals surface area contributed by atoms with Gasteiger partial charge >= 0.3 is 0 Å². The summed E-state index contributed by atoms with van der Waals surface area (Å²) in [4.78, 5) is 0. The maximum absolute atomic E-state index is 6.11. The molecule has 0 amide bonds. The van der Waals surface area contributed by atoms with Crippen molar-refractivity contribution in [1.82, 2.24) is 0 Å². The molecule has 1 aliphatic rings. The van der Waals surface area contributed by atoms with E-state index in [0.29, 0.717) is 0 Å². The van der Waals surface area contributed by atoms with Gasteiger partial charge in [-0.05, 0) is 23.5 Å². The van der Waals surface area contributed by atoms with Crippen LogP contribution in [0.5, 0.6) is 0 Å². The molecule has 52 valence electrons. The average molecular weight is 171 g/mol. The molecule has 1 aromatic carbocycles. The van der Waals surface area contributed by atoms with E-state index in [0.717, 1.165) is 0 Å². The third-order valence-electron chi connectivity index (χ3n) is 1.83. The van der Waals surface area contributed by atoms with Gasteiger partial charge in [0, 0.05) is 7.27 Å². The van der Waals surface area contributed by atoms with Crippen molar-refractivity contribution in [3.8, 4) is 0 Å². The molecule has 2 rings (SSSR count). The molecule has 2 heteroatoms. The molecule has 1 aromatic rings. The SMILES string of the molecule is ClP1CCc2ccccc21. The van der Waals surface area contributed by atoms with Gasteiger partial charge in [-0.15, -0.1) is 0 Å². The molecule has 0 aromatic heterocycles. The number of aryl methyl sites for hydroxylation is 1. The smallest absolute Gasteiger partial charge is 0.0218 e. The minimum atomic E-state index is -0.309. The summed E-state index contributed by atoms with van der Waals surface area (Å²) in [6, 6.07) is 8.49. The van der Waals surface area contributed by atoms with Crippen molar-refractivity contribution < 1.29 is 0 Å². The number of benzene rings is 1. The molecular weight excluding hydrogens is 163 g/mol. The standard InChI is InChI=1S/C8H8ClP/c9-10-6-5-7-3-1-2-4-8(7)10/h1-4H,5-6H2. The Morgan fingerprint density at radius 1 is 1.30 bits per heavy atom. The van der Waals surface area contributed by atoms with E-state index in [1.807, 2.05) is 0 Å². The van der Waals surface area contributed by atoms with Gasteiger partial charge in [0.2, 0.25) is 0 Å². The Bertz CT molecular complexity index is 247. The molecule has 0 nitrogen and oxygen atoms in total. The summed E-state index contributed by atoms with van der Waals surface area (Å²) in [5.41, 5.74) is 1.46. The molecule has 0 fully saturated rings. The first-order chi connectivity index (χ1) is 4.88. The topological polar surface area (TPSA) is 0 Å². The lowest BCUT2D eigenvalue weighted by atomic mass is 10.2. The summed E-state index contributed by atoms with van der Waals surface area (Å²) in [5.74, 6) is 0. The van der Waals surface area contributed by atoms with E-state index in [-0.39, 0.29) is 7.27 Å². The highest BCUT2D eigenvalue weighted by atomic mass is 35.7. The largest absolute Gasteiger partial charge is 0.0911 e. The third kappa shape index (κ3) is 0.962. The predicted octanol–water partition coefficient (Wildman–Crippen LogP) is 2.50. The number of halogens is 1. The van der Waals surface area contributed by atoms with Crippen LogP contribution in [0.25, 0.3) is 0 Å². The molecule has 0 N–H and O–H groups in total. The van der Waals surface area contributed by atoms with Gasteiger partial charge in [-0.3, -0.25) is 0 Å². The van der Waals surface area contributed by atoms with Crippen molar-refractivity contribution in [3.05, 3.63) is 29.8 Å². The Morgan fingerprint density at radius 3 is 2.90 bits per heavy atom. The van der Waals surface area contributed by atoms with Crippen LogP contribution in [0.2, 0.25) is 0 Å². The lowest BCUT2D eigenvalue weighted by molar-refractivity contribution is 1.20. The maximum Gasteiger partial charge on any atom is 0.0218 e. The quantitative estimate of drug-likeness (QED) is 0.525. The van der Waals surface area contributed by atoms with Crippen molar-refractivity contribution >= 4 is 23.8 Å². The molecule has 1 atom stereocenters. The fourth-order valence-electron chi connectivity index (χ4n) is 1.30. The Balaban J connectivity index is 2.51. The normalized spacial score (nSPS) is 22.7. The number of hydrogen-bond donors (Lipinski definition) is 0. The molecule has 0 aliphatic carbocycles. The van der Waals surface area contributed by atoms with Crippen molar-refractivity contribution in [2.24, 2.45) is 0 Å². The second-order valence-electron chi connectivity index (χ2n) is 2.46. The molecule has 0 radical (unpaired) electrons. The molecule has 1 unspecified atom stereocenters. The highest BCUT2D eigenvalue weighted by Gasteiger charge is 2.18. The van der Waals surface area contributed by atoms with Crippen LogP contribution in [0, 0.1) is 0 Å². The minimum Gasteiger partial charge on any atom is -0.0911 e. The molecule has 0 bridgehead atoms. The zero-order chi connectivity index (χ0) is 6.97. The van der Waals surface area contributed by atoms with Gasteiger partial charge in [-0.25, -0.2) is 0 Å². The second kappa shape index (κ2) is 2.53. The van der Waals surface area contributed by atoms with Gasteiger partial charge in [0.15, 0.2) is 0 Å². The first-order valence-electron chi connectivity index (χ1n) is 3.39. The van der Waals surface area contributed by atoms with Gasteiger partial charge in [-0.2, -0.15) is 0 Å². The molecule has 0 saturated heterocycles. The van der Waals surface area contributed by atoms with Crippen molar-refractivity contribution in [1.29, 1.82) is 0 Å². The van der Waals surface area contributed by atoms with Gasteiger partial charge < -0.3 is 0 Å². The van der Waals surface area contributed by atoms with E-state index in [1.54, 1.807) is 0 Å². The lowest BCUT2D eigenvalue weighted by Crippen LogP contribution is -1.95. The van der Waals surface area contributed by atoms with Crippen molar-refractivity contribution in [3.63, 3.8) is 0 Å². The van der Waals surface area contributed by atoms with Crippen LogP contribution in [0.15, 0.2) is 24.3 Å². The van der Waals surface area contributed by atoms with Gasteiger partial charge in [0.25, 0.3) is 0 Å². The summed E-state index contributed by atoms with van der Waals surface area (Å²) in [7, 11) is -0.309. The molecule has 0 spiro atoms. The van der Waals surface area contributed by atoms with Gasteiger partial charge in [-0.1, -0.05) is 35.5 Å². The minimum absolute atomic E-state index is 0.309. The zero-order valence-corrected chi connectivity index (χ0v) is 7.20. The molecular formula is C8H8ClP. The first-order valence-corrected chi connectivity index (χ1v) is 5.82. The van der Waals surface area contributed by atoms with Crippen LogP contribution < -0.4 is 5.30 Å². The second-order valence-corrected chi connectivity index (χ2v) is 5.34. The fourth-order valence-corrected chi connectivity index (χ4v) is 3.47. The van der Waals surface area contributed by atoms with Crippen LogP contribution in [0.3, 0.4) is 0 Å². The van der Waals surface area contributed by atoms with E-state index < -0.39 is 0 Å². The van der Waals surface area contributed by atoms with Gasteiger partial charge in [0.1, 0.15) is 0 Å². The van der Waals surface area contributed by atoms with E-state index in [1.165, 1.54) is 23.5 Å². The Hall–Kier alpha value is -0.0600. The van der Waals surface area contributed by atoms with E-state index in [2.05, 4.69) is 24.3 Å². The Morgan fingerprint density at radius 2 is 2.10 bits per heavy atom. The third-order valence-corrected chi connectivity index (χ3v) is 4.46. The highest BCUT2D eigenvalue weighted by molar-refractivity contribution is 7.90. The molecule has 10 heavy (non-hydrogen) atoms. The Kier molecular flexibility index (Phi) is 1.68. The summed E-state index contributed by atoms with van der Waals surface area (Å²) in [5, 5.41) is 1.40. The van der Waals surface area contributed by atoms with Crippen LogP contribution in [-0.4, -0.2) is 6.16 Å². The zero-order valence-electron chi connectivity index (χ0n) is 5.55. The summed E-state index contributed by atoms with van der Waals surface area (Å²) in [6.45, 7) is 0. The van der Waals surface area contributed by atoms with Crippen LogP contribution in [0.4, 0.5) is 0 Å². The van der Waals surface area contributed by atoms with Crippen molar-refractivity contribution in [2.75, 3.05) is 6.16 Å². The first kappa shape index (κ1) is 6.64. The van der Waals surface area contributed by atoms with E-state index in [4.69, 9.17) is 11.2 Å².